The first-order valence-electron chi connectivity index (χ1n) is 5.57. The molecule has 0 aliphatic rings. The van der Waals surface area contributed by atoms with E-state index >= 15 is 0 Å². The van der Waals surface area contributed by atoms with Crippen molar-refractivity contribution < 1.29 is 0 Å². The van der Waals surface area contributed by atoms with Crippen LogP contribution in [0, 0.1) is 0 Å². The van der Waals surface area contributed by atoms with Gasteiger partial charge in [-0.1, -0.05) is 43.0 Å². The molecule has 16 heavy (non-hydrogen) atoms. The van der Waals surface area contributed by atoms with Crippen LogP contribution in [-0.2, 0) is 13.0 Å². The van der Waals surface area contributed by atoms with Crippen molar-refractivity contribution in [3.05, 3.63) is 60.4 Å². The van der Waals surface area contributed by atoms with Gasteiger partial charge in [-0.25, -0.2) is 0 Å². The lowest BCUT2D eigenvalue weighted by atomic mass is 10.1. The van der Waals surface area contributed by atoms with E-state index < -0.39 is 0 Å². The molecular weight excluding hydrogens is 196 g/mol. The minimum atomic E-state index is 0.961. The number of rotatable bonds is 5. The summed E-state index contributed by atoms with van der Waals surface area (Å²) in [5.74, 6) is 0. The Morgan fingerprint density at radius 3 is 2.75 bits per heavy atom. The lowest BCUT2D eigenvalue weighted by molar-refractivity contribution is 0.579. The van der Waals surface area contributed by atoms with Crippen molar-refractivity contribution in [3.8, 4) is 0 Å². The number of benzene rings is 1. The van der Waals surface area contributed by atoms with Gasteiger partial charge >= 0.3 is 0 Å². The van der Waals surface area contributed by atoms with Gasteiger partial charge in [0, 0.05) is 18.3 Å². The average molecular weight is 212 g/mol. The second-order valence-corrected chi connectivity index (χ2v) is 3.83. The van der Waals surface area contributed by atoms with Crippen molar-refractivity contribution in [2.45, 2.75) is 19.4 Å². The van der Waals surface area contributed by atoms with Crippen molar-refractivity contribution in [1.82, 2.24) is 9.78 Å². The van der Waals surface area contributed by atoms with E-state index in [-0.39, 0.29) is 0 Å². The molecule has 0 unspecified atom stereocenters. The van der Waals surface area contributed by atoms with Crippen LogP contribution in [0.1, 0.15) is 17.5 Å². The highest BCUT2D eigenvalue weighted by Gasteiger charge is 1.96. The van der Waals surface area contributed by atoms with Gasteiger partial charge in [-0.05, 0) is 18.4 Å². The summed E-state index contributed by atoms with van der Waals surface area (Å²) >= 11 is 0. The maximum Gasteiger partial charge on any atom is 0.0562 e. The molecular formula is C14H16N2. The quantitative estimate of drug-likeness (QED) is 0.744. The summed E-state index contributed by atoms with van der Waals surface area (Å²) in [6.45, 7) is 4.68. The zero-order valence-corrected chi connectivity index (χ0v) is 9.34. The summed E-state index contributed by atoms with van der Waals surface area (Å²) in [5, 5.41) is 4.26. The molecule has 0 saturated carbocycles. The third-order valence-electron chi connectivity index (χ3n) is 2.58. The summed E-state index contributed by atoms with van der Waals surface area (Å²) in [6, 6.07) is 10.5. The van der Waals surface area contributed by atoms with Crippen molar-refractivity contribution in [2.75, 3.05) is 0 Å². The van der Waals surface area contributed by atoms with Gasteiger partial charge in [0.2, 0.25) is 0 Å². The summed E-state index contributed by atoms with van der Waals surface area (Å²) in [4.78, 5) is 0. The van der Waals surface area contributed by atoms with Crippen LogP contribution in [0.2, 0.25) is 0 Å². The molecule has 1 aromatic carbocycles. The lowest BCUT2D eigenvalue weighted by Crippen LogP contribution is -1.99. The molecule has 82 valence electrons. The van der Waals surface area contributed by atoms with Gasteiger partial charge in [-0.15, -0.1) is 0 Å². The molecule has 1 heterocycles. The molecule has 2 nitrogen and oxygen atoms in total. The topological polar surface area (TPSA) is 17.8 Å². The largest absolute Gasteiger partial charge is 0.272 e. The van der Waals surface area contributed by atoms with Crippen LogP contribution in [0.5, 0.6) is 0 Å². The number of hydrogen-bond acceptors (Lipinski definition) is 1. The Labute approximate surface area is 96.2 Å². The molecule has 1 aromatic heterocycles. The number of hydrogen-bond donors (Lipinski definition) is 0. The Balaban J connectivity index is 1.82. The van der Waals surface area contributed by atoms with E-state index in [4.69, 9.17) is 0 Å². The van der Waals surface area contributed by atoms with Crippen molar-refractivity contribution in [1.29, 1.82) is 0 Å². The second-order valence-electron chi connectivity index (χ2n) is 3.83. The first-order chi connectivity index (χ1) is 7.88. The Hall–Kier alpha value is -1.83. The fraction of sp³-hybridized carbons (Fsp3) is 0.214. The SMILES string of the molecule is C=Cc1cnn(CCCc2ccccc2)c1. The zero-order chi connectivity index (χ0) is 11.2. The fourth-order valence-electron chi connectivity index (χ4n) is 1.70. The molecule has 0 amide bonds. The predicted molar refractivity (Wildman–Crippen MR) is 67.1 cm³/mol. The molecule has 0 bridgehead atoms. The first kappa shape index (κ1) is 10.7. The molecule has 0 aliphatic carbocycles. The molecule has 0 radical (unpaired) electrons. The van der Waals surface area contributed by atoms with Gasteiger partial charge in [0.25, 0.3) is 0 Å². The molecule has 0 N–H and O–H groups in total. The Morgan fingerprint density at radius 2 is 2.06 bits per heavy atom. The predicted octanol–water partition coefficient (Wildman–Crippen LogP) is 3.16. The molecule has 2 heteroatoms. The van der Waals surface area contributed by atoms with Crippen molar-refractivity contribution in [3.63, 3.8) is 0 Å². The van der Waals surface area contributed by atoms with E-state index in [0.717, 1.165) is 24.9 Å². The van der Waals surface area contributed by atoms with E-state index in [1.165, 1.54) is 5.56 Å². The standard InChI is InChI=1S/C14H16N2/c1-2-13-11-15-16(12-13)10-6-9-14-7-4-3-5-8-14/h2-5,7-8,11-12H,1,6,9-10H2. The Bertz CT molecular complexity index is 443. The molecule has 0 saturated heterocycles. The Morgan fingerprint density at radius 1 is 1.25 bits per heavy atom. The van der Waals surface area contributed by atoms with Gasteiger partial charge in [-0.2, -0.15) is 5.10 Å². The normalized spacial score (nSPS) is 10.2. The van der Waals surface area contributed by atoms with Crippen LogP contribution < -0.4 is 0 Å². The highest BCUT2D eigenvalue weighted by molar-refractivity contribution is 5.43. The van der Waals surface area contributed by atoms with Gasteiger partial charge in [0.05, 0.1) is 6.20 Å². The Kier molecular flexibility index (Phi) is 3.54. The van der Waals surface area contributed by atoms with Crippen LogP contribution in [-0.4, -0.2) is 9.78 Å². The number of nitrogens with zero attached hydrogens (tertiary/aromatic N) is 2. The highest BCUT2D eigenvalue weighted by Crippen LogP contribution is 2.05. The summed E-state index contributed by atoms with van der Waals surface area (Å²) in [5.41, 5.74) is 2.47. The maximum absolute atomic E-state index is 4.26. The monoisotopic (exact) mass is 212 g/mol. The molecule has 0 atom stereocenters. The first-order valence-corrected chi connectivity index (χ1v) is 5.57. The van der Waals surface area contributed by atoms with E-state index in [9.17, 15) is 0 Å². The van der Waals surface area contributed by atoms with Crippen molar-refractivity contribution >= 4 is 6.08 Å². The number of aryl methyl sites for hydroxylation is 2. The second kappa shape index (κ2) is 5.31. The smallest absolute Gasteiger partial charge is 0.0562 e. The highest BCUT2D eigenvalue weighted by atomic mass is 15.3. The number of aromatic nitrogens is 2. The minimum Gasteiger partial charge on any atom is -0.272 e. The summed E-state index contributed by atoms with van der Waals surface area (Å²) < 4.78 is 1.97. The van der Waals surface area contributed by atoms with Crippen LogP contribution in [0.4, 0.5) is 0 Å². The van der Waals surface area contributed by atoms with E-state index in [1.807, 2.05) is 29.2 Å². The van der Waals surface area contributed by atoms with E-state index in [2.05, 4.69) is 35.9 Å². The maximum atomic E-state index is 4.26. The zero-order valence-electron chi connectivity index (χ0n) is 9.34. The molecule has 0 spiro atoms. The van der Waals surface area contributed by atoms with Gasteiger partial charge < -0.3 is 0 Å². The lowest BCUT2D eigenvalue weighted by Gasteiger charge is -2.01. The van der Waals surface area contributed by atoms with E-state index in [0.29, 0.717) is 0 Å². The summed E-state index contributed by atoms with van der Waals surface area (Å²) in [7, 11) is 0. The summed E-state index contributed by atoms with van der Waals surface area (Å²) in [6.07, 6.45) is 7.90. The average Bonchev–Trinajstić information content (AvgIpc) is 2.78. The van der Waals surface area contributed by atoms with E-state index in [1.54, 1.807) is 0 Å². The van der Waals surface area contributed by atoms with Gasteiger partial charge in [0.1, 0.15) is 0 Å². The van der Waals surface area contributed by atoms with Gasteiger partial charge in [-0.3, -0.25) is 4.68 Å². The van der Waals surface area contributed by atoms with Crippen LogP contribution in [0.15, 0.2) is 49.3 Å². The third kappa shape index (κ3) is 2.83. The van der Waals surface area contributed by atoms with Crippen LogP contribution in [0.25, 0.3) is 6.08 Å². The molecule has 0 fully saturated rings. The van der Waals surface area contributed by atoms with Crippen LogP contribution >= 0.6 is 0 Å². The molecule has 2 rings (SSSR count). The van der Waals surface area contributed by atoms with Crippen molar-refractivity contribution in [2.24, 2.45) is 0 Å². The fourth-order valence-corrected chi connectivity index (χ4v) is 1.70. The molecule has 2 aromatic rings. The molecule has 0 aliphatic heterocycles. The van der Waals surface area contributed by atoms with Gasteiger partial charge in [0.15, 0.2) is 0 Å². The third-order valence-corrected chi connectivity index (χ3v) is 2.58. The van der Waals surface area contributed by atoms with Crippen LogP contribution in [0.3, 0.4) is 0 Å². The minimum absolute atomic E-state index is 0.961.